The minimum absolute atomic E-state index is 0.158. The number of para-hydroxylation sites is 1. The molecule has 1 aliphatic rings. The zero-order valence-electron chi connectivity index (χ0n) is 23.0. The van der Waals surface area contributed by atoms with Gasteiger partial charge >= 0.3 is 6.36 Å². The monoisotopic (exact) mass is 610 g/mol. The van der Waals surface area contributed by atoms with E-state index in [1.807, 2.05) is 26.0 Å². The van der Waals surface area contributed by atoms with Crippen LogP contribution in [-0.4, -0.2) is 57.4 Å². The number of nitrogens with zero attached hydrogens (tertiary/aromatic N) is 6. The highest BCUT2D eigenvalue weighted by Crippen LogP contribution is 2.41. The van der Waals surface area contributed by atoms with Crippen molar-refractivity contribution < 1.29 is 32.2 Å². The molecule has 0 atom stereocenters. The Labute approximate surface area is 248 Å². The summed E-state index contributed by atoms with van der Waals surface area (Å²) in [4.78, 5) is 18.6. The van der Waals surface area contributed by atoms with Crippen molar-refractivity contribution in [2.24, 2.45) is 10.2 Å². The Bertz CT molecular complexity index is 1620. The van der Waals surface area contributed by atoms with E-state index < -0.39 is 6.36 Å². The molecule has 0 spiro atoms. The van der Waals surface area contributed by atoms with Gasteiger partial charge in [0.15, 0.2) is 11.0 Å². The SMILES string of the molecule is CCOc1cccc(OCC)c1N1C(=O)CSC1=NN=Cc1ccc(-c2ncn(-c3ccc(OC(F)(F)F)cc3)n2)cc1. The first-order valence-corrected chi connectivity index (χ1v) is 14.1. The van der Waals surface area contributed by atoms with E-state index in [0.29, 0.717) is 47.1 Å². The maximum atomic E-state index is 12.9. The van der Waals surface area contributed by atoms with Crippen LogP contribution in [0.25, 0.3) is 17.1 Å². The Hall–Kier alpha value is -4.85. The summed E-state index contributed by atoms with van der Waals surface area (Å²) < 4.78 is 54.1. The number of anilines is 1. The topological polar surface area (TPSA) is 103 Å². The average molecular weight is 611 g/mol. The van der Waals surface area contributed by atoms with Crippen LogP contribution in [0.2, 0.25) is 0 Å². The van der Waals surface area contributed by atoms with E-state index in [1.165, 1.54) is 51.9 Å². The van der Waals surface area contributed by atoms with Crippen molar-refractivity contribution in [3.05, 3.63) is 78.6 Å². The summed E-state index contributed by atoms with van der Waals surface area (Å²) in [6.07, 6.45) is -1.73. The smallest absolute Gasteiger partial charge is 0.492 e. The standard InChI is InChI=1S/C29H25F3N6O4S/c1-3-40-23-6-5-7-24(41-4-2)26(23)38-25(39)17-43-28(38)35-34-16-19-8-10-20(11-9-19)27-33-18-37(36-27)21-12-14-22(15-13-21)42-29(30,31)32/h5-16,18H,3-4,17H2,1-2H3. The largest absolute Gasteiger partial charge is 0.573 e. The van der Waals surface area contributed by atoms with E-state index in [1.54, 1.807) is 36.5 Å². The molecule has 1 saturated heterocycles. The molecular formula is C29H25F3N6O4S. The molecule has 0 unspecified atom stereocenters. The number of aromatic nitrogens is 3. The maximum Gasteiger partial charge on any atom is 0.573 e. The number of benzene rings is 3. The van der Waals surface area contributed by atoms with Gasteiger partial charge in [0, 0.05) is 5.56 Å². The fraction of sp³-hybridized carbons (Fsp3) is 0.207. The predicted octanol–water partition coefficient (Wildman–Crippen LogP) is 6.10. The molecule has 1 aliphatic heterocycles. The van der Waals surface area contributed by atoms with Gasteiger partial charge in [-0.1, -0.05) is 42.1 Å². The highest BCUT2D eigenvalue weighted by molar-refractivity contribution is 8.15. The third-order valence-corrected chi connectivity index (χ3v) is 6.81. The van der Waals surface area contributed by atoms with Gasteiger partial charge in [0.2, 0.25) is 5.91 Å². The summed E-state index contributed by atoms with van der Waals surface area (Å²) in [5, 5.41) is 13.3. The molecule has 222 valence electrons. The Morgan fingerprint density at radius 2 is 1.65 bits per heavy atom. The number of ether oxygens (including phenoxy) is 3. The summed E-state index contributed by atoms with van der Waals surface area (Å²) in [6.45, 7) is 4.57. The predicted molar refractivity (Wildman–Crippen MR) is 157 cm³/mol. The van der Waals surface area contributed by atoms with E-state index in [0.717, 1.165) is 11.1 Å². The highest BCUT2D eigenvalue weighted by atomic mass is 32.2. The quantitative estimate of drug-likeness (QED) is 0.158. The van der Waals surface area contributed by atoms with Crippen molar-refractivity contribution in [3.63, 3.8) is 0 Å². The zero-order valence-corrected chi connectivity index (χ0v) is 23.8. The van der Waals surface area contributed by atoms with Crippen molar-refractivity contribution in [3.8, 4) is 34.3 Å². The summed E-state index contributed by atoms with van der Waals surface area (Å²) >= 11 is 1.27. The molecule has 0 saturated carbocycles. The van der Waals surface area contributed by atoms with Crippen molar-refractivity contribution >= 4 is 34.7 Å². The minimum atomic E-state index is -4.76. The Kier molecular flexibility index (Phi) is 8.95. The number of amidine groups is 1. The lowest BCUT2D eigenvalue weighted by atomic mass is 10.1. The average Bonchev–Trinajstić information content (AvgIpc) is 3.61. The Balaban J connectivity index is 1.30. The number of thioether (sulfide) groups is 1. The first-order valence-electron chi connectivity index (χ1n) is 13.1. The Morgan fingerprint density at radius 3 is 2.28 bits per heavy atom. The van der Waals surface area contributed by atoms with Crippen molar-refractivity contribution in [1.82, 2.24) is 14.8 Å². The number of rotatable bonds is 10. The van der Waals surface area contributed by atoms with Crippen LogP contribution in [0, 0.1) is 0 Å². The number of amides is 1. The summed E-state index contributed by atoms with van der Waals surface area (Å²) in [6, 6.07) is 17.9. The van der Waals surface area contributed by atoms with Gasteiger partial charge in [-0.05, 0) is 55.8 Å². The van der Waals surface area contributed by atoms with Gasteiger partial charge < -0.3 is 14.2 Å². The van der Waals surface area contributed by atoms with Gasteiger partial charge in [0.25, 0.3) is 0 Å². The van der Waals surface area contributed by atoms with Crippen LogP contribution >= 0.6 is 11.8 Å². The zero-order chi connectivity index (χ0) is 30.4. The maximum absolute atomic E-state index is 12.9. The van der Waals surface area contributed by atoms with Crippen molar-refractivity contribution in [1.29, 1.82) is 0 Å². The molecule has 43 heavy (non-hydrogen) atoms. The summed E-state index contributed by atoms with van der Waals surface area (Å²) in [5.74, 6) is 1.18. The van der Waals surface area contributed by atoms with Gasteiger partial charge in [-0.3, -0.25) is 4.79 Å². The fourth-order valence-corrected chi connectivity index (χ4v) is 4.91. The van der Waals surface area contributed by atoms with E-state index in [2.05, 4.69) is 25.0 Å². The molecule has 5 rings (SSSR count). The molecule has 4 aromatic rings. The molecule has 1 aromatic heterocycles. The van der Waals surface area contributed by atoms with Gasteiger partial charge in [0.05, 0.1) is 30.9 Å². The van der Waals surface area contributed by atoms with Gasteiger partial charge in [-0.15, -0.1) is 23.4 Å². The number of halogens is 3. The normalized spacial score (nSPS) is 14.6. The minimum Gasteiger partial charge on any atom is -0.492 e. The molecule has 0 bridgehead atoms. The second-order valence-corrected chi connectivity index (χ2v) is 9.73. The second kappa shape index (κ2) is 13.0. The summed E-state index contributed by atoms with van der Waals surface area (Å²) in [5.41, 5.74) is 2.49. The number of carbonyl (C=O) groups is 1. The molecule has 1 fully saturated rings. The highest BCUT2D eigenvalue weighted by Gasteiger charge is 2.34. The summed E-state index contributed by atoms with van der Waals surface area (Å²) in [7, 11) is 0. The lowest BCUT2D eigenvalue weighted by molar-refractivity contribution is -0.274. The van der Waals surface area contributed by atoms with Crippen LogP contribution in [0.4, 0.5) is 18.9 Å². The van der Waals surface area contributed by atoms with Gasteiger partial charge in [-0.25, -0.2) is 14.6 Å². The van der Waals surface area contributed by atoms with E-state index in [4.69, 9.17) is 9.47 Å². The molecule has 2 heterocycles. The molecule has 0 aliphatic carbocycles. The molecule has 0 radical (unpaired) electrons. The molecule has 14 heteroatoms. The van der Waals surface area contributed by atoms with E-state index >= 15 is 0 Å². The molecular weight excluding hydrogens is 585 g/mol. The van der Waals surface area contributed by atoms with E-state index in [-0.39, 0.29) is 17.4 Å². The lowest BCUT2D eigenvalue weighted by Crippen LogP contribution is -2.30. The number of hydrogen-bond acceptors (Lipinski definition) is 9. The molecule has 10 nitrogen and oxygen atoms in total. The molecule has 3 aromatic carbocycles. The Morgan fingerprint density at radius 1 is 0.977 bits per heavy atom. The fourth-order valence-electron chi connectivity index (χ4n) is 4.11. The first kappa shape index (κ1) is 29.6. The first-order chi connectivity index (χ1) is 20.8. The second-order valence-electron chi connectivity index (χ2n) is 8.79. The van der Waals surface area contributed by atoms with Gasteiger partial charge in [-0.2, -0.15) is 5.10 Å². The van der Waals surface area contributed by atoms with Crippen LogP contribution in [0.5, 0.6) is 17.2 Å². The third-order valence-electron chi connectivity index (χ3n) is 5.90. The lowest BCUT2D eigenvalue weighted by Gasteiger charge is -2.22. The van der Waals surface area contributed by atoms with Crippen molar-refractivity contribution in [2.75, 3.05) is 23.9 Å². The van der Waals surface area contributed by atoms with E-state index in [9.17, 15) is 18.0 Å². The number of alkyl halides is 3. The van der Waals surface area contributed by atoms with Crippen LogP contribution in [0.3, 0.4) is 0 Å². The molecule has 1 amide bonds. The number of carbonyl (C=O) groups excluding carboxylic acids is 1. The van der Waals surface area contributed by atoms with Crippen LogP contribution < -0.4 is 19.1 Å². The number of hydrogen-bond donors (Lipinski definition) is 0. The van der Waals surface area contributed by atoms with Crippen LogP contribution in [-0.2, 0) is 4.79 Å². The van der Waals surface area contributed by atoms with Crippen LogP contribution in [0.1, 0.15) is 19.4 Å². The van der Waals surface area contributed by atoms with Gasteiger partial charge in [0.1, 0.15) is 29.3 Å². The third kappa shape index (κ3) is 7.15. The molecule has 0 N–H and O–H groups in total. The van der Waals surface area contributed by atoms with Crippen molar-refractivity contribution in [2.45, 2.75) is 20.2 Å². The van der Waals surface area contributed by atoms with Crippen LogP contribution in [0.15, 0.2) is 83.3 Å².